The highest BCUT2D eigenvalue weighted by molar-refractivity contribution is 4.73. The molecule has 0 aromatic heterocycles. The lowest BCUT2D eigenvalue weighted by Crippen LogP contribution is -2.32. The molecule has 0 amide bonds. The van der Waals surface area contributed by atoms with E-state index in [1.807, 2.05) is 0 Å². The van der Waals surface area contributed by atoms with E-state index in [1.54, 1.807) is 14.2 Å². The van der Waals surface area contributed by atoms with Crippen molar-refractivity contribution in [3.05, 3.63) is 0 Å². The highest BCUT2D eigenvalue weighted by atomic mass is 16.5. The van der Waals surface area contributed by atoms with Crippen LogP contribution in [0, 0.1) is 5.41 Å². The Morgan fingerprint density at radius 1 is 1.20 bits per heavy atom. The first-order chi connectivity index (χ1) is 4.52. The fourth-order valence-corrected chi connectivity index (χ4v) is 0.823. The van der Waals surface area contributed by atoms with Crippen LogP contribution in [0.4, 0.5) is 0 Å². The highest BCUT2D eigenvalue weighted by Gasteiger charge is 2.23. The van der Waals surface area contributed by atoms with E-state index in [0.717, 1.165) is 0 Å². The van der Waals surface area contributed by atoms with E-state index in [1.165, 1.54) is 0 Å². The van der Waals surface area contributed by atoms with Crippen LogP contribution in [0.1, 0.15) is 20.8 Å². The summed E-state index contributed by atoms with van der Waals surface area (Å²) in [5, 5.41) is 0. The van der Waals surface area contributed by atoms with Crippen LogP contribution in [-0.2, 0) is 9.47 Å². The van der Waals surface area contributed by atoms with E-state index < -0.39 is 0 Å². The second-order valence-corrected chi connectivity index (χ2v) is 3.55. The van der Waals surface area contributed by atoms with E-state index >= 15 is 0 Å². The molecule has 0 aromatic rings. The second kappa shape index (κ2) is 3.94. The lowest BCUT2D eigenvalue weighted by molar-refractivity contribution is -0.0347. The second-order valence-electron chi connectivity index (χ2n) is 3.55. The lowest BCUT2D eigenvalue weighted by atomic mass is 9.89. The summed E-state index contributed by atoms with van der Waals surface area (Å²) in [7, 11) is 3.41. The summed E-state index contributed by atoms with van der Waals surface area (Å²) >= 11 is 0. The predicted molar refractivity (Wildman–Crippen MR) is 42.1 cm³/mol. The van der Waals surface area contributed by atoms with Crippen molar-refractivity contribution in [1.29, 1.82) is 0 Å². The third kappa shape index (κ3) is 3.18. The maximum atomic E-state index is 5.23. The highest BCUT2D eigenvalue weighted by Crippen LogP contribution is 2.21. The molecule has 0 radical (unpaired) electrons. The Hall–Kier alpha value is -0.0800. The molecule has 0 unspecified atom stereocenters. The Morgan fingerprint density at radius 3 is 1.80 bits per heavy atom. The Bertz CT molecular complexity index is 83.7. The summed E-state index contributed by atoms with van der Waals surface area (Å²) in [5.74, 6) is 0. The molecule has 0 aliphatic heterocycles. The van der Waals surface area contributed by atoms with Crippen molar-refractivity contribution in [2.24, 2.45) is 5.41 Å². The van der Waals surface area contributed by atoms with Gasteiger partial charge in [-0.15, -0.1) is 0 Å². The minimum absolute atomic E-state index is 0.171. The van der Waals surface area contributed by atoms with Gasteiger partial charge < -0.3 is 9.47 Å². The molecule has 1 atom stereocenters. The predicted octanol–water partition coefficient (Wildman–Crippen LogP) is 1.69. The van der Waals surface area contributed by atoms with Crippen LogP contribution in [0.15, 0.2) is 0 Å². The largest absolute Gasteiger partial charge is 0.382 e. The molecule has 2 nitrogen and oxygen atoms in total. The summed E-state index contributed by atoms with van der Waals surface area (Å²) in [6.07, 6.45) is 0.192. The van der Waals surface area contributed by atoms with Crippen molar-refractivity contribution in [3.8, 4) is 0 Å². The molecule has 0 saturated heterocycles. The summed E-state index contributed by atoms with van der Waals surface area (Å²) in [5.41, 5.74) is 0.171. The van der Waals surface area contributed by atoms with Crippen LogP contribution in [0.25, 0.3) is 0 Å². The van der Waals surface area contributed by atoms with Gasteiger partial charge >= 0.3 is 0 Å². The Labute approximate surface area is 63.5 Å². The quantitative estimate of drug-likeness (QED) is 0.603. The molecule has 0 N–H and O–H groups in total. The molecule has 2 heteroatoms. The van der Waals surface area contributed by atoms with E-state index in [9.17, 15) is 0 Å². The molecule has 0 aliphatic carbocycles. The van der Waals surface area contributed by atoms with Crippen LogP contribution in [0.5, 0.6) is 0 Å². The zero-order chi connectivity index (χ0) is 8.20. The van der Waals surface area contributed by atoms with Gasteiger partial charge in [0, 0.05) is 14.2 Å². The van der Waals surface area contributed by atoms with Crippen molar-refractivity contribution in [2.45, 2.75) is 26.9 Å². The van der Waals surface area contributed by atoms with E-state index in [-0.39, 0.29) is 11.5 Å². The van der Waals surface area contributed by atoms with Crippen molar-refractivity contribution >= 4 is 0 Å². The Kier molecular flexibility index (Phi) is 3.91. The van der Waals surface area contributed by atoms with Gasteiger partial charge in [-0.25, -0.2) is 0 Å². The minimum atomic E-state index is 0.171. The maximum Gasteiger partial charge on any atom is 0.0852 e. The first kappa shape index (κ1) is 9.92. The van der Waals surface area contributed by atoms with Crippen LogP contribution in [-0.4, -0.2) is 26.9 Å². The number of ether oxygens (including phenoxy) is 2. The molecule has 0 bridgehead atoms. The molecule has 0 aromatic carbocycles. The van der Waals surface area contributed by atoms with Crippen LogP contribution >= 0.6 is 0 Å². The van der Waals surface area contributed by atoms with Gasteiger partial charge in [0.05, 0.1) is 12.7 Å². The number of methoxy groups -OCH3 is 2. The maximum absolute atomic E-state index is 5.23. The first-order valence-corrected chi connectivity index (χ1v) is 3.54. The molecule has 0 heterocycles. The van der Waals surface area contributed by atoms with Crippen LogP contribution in [0.3, 0.4) is 0 Å². The van der Waals surface area contributed by atoms with Crippen LogP contribution in [0.2, 0.25) is 0 Å². The summed E-state index contributed by atoms with van der Waals surface area (Å²) < 4.78 is 10.2. The fraction of sp³-hybridized carbons (Fsp3) is 1.00. The third-order valence-corrected chi connectivity index (χ3v) is 1.57. The molecular weight excluding hydrogens is 128 g/mol. The van der Waals surface area contributed by atoms with Crippen molar-refractivity contribution in [1.82, 2.24) is 0 Å². The molecule has 0 saturated carbocycles. The average Bonchev–Trinajstić information content (AvgIpc) is 1.80. The summed E-state index contributed by atoms with van der Waals surface area (Å²) in [6, 6.07) is 0. The van der Waals surface area contributed by atoms with E-state index in [0.29, 0.717) is 6.61 Å². The third-order valence-electron chi connectivity index (χ3n) is 1.57. The van der Waals surface area contributed by atoms with E-state index in [2.05, 4.69) is 20.8 Å². The zero-order valence-electron chi connectivity index (χ0n) is 7.60. The molecule has 10 heavy (non-hydrogen) atoms. The van der Waals surface area contributed by atoms with Gasteiger partial charge in [0.2, 0.25) is 0 Å². The van der Waals surface area contributed by atoms with Gasteiger partial charge in [0.15, 0.2) is 0 Å². The summed E-state index contributed by atoms with van der Waals surface area (Å²) in [4.78, 5) is 0. The molecule has 62 valence electrons. The van der Waals surface area contributed by atoms with E-state index in [4.69, 9.17) is 9.47 Å². The topological polar surface area (TPSA) is 18.5 Å². The van der Waals surface area contributed by atoms with Gasteiger partial charge in [0.1, 0.15) is 0 Å². The van der Waals surface area contributed by atoms with Gasteiger partial charge in [-0.3, -0.25) is 0 Å². The van der Waals surface area contributed by atoms with Gasteiger partial charge in [0.25, 0.3) is 0 Å². The average molecular weight is 146 g/mol. The van der Waals surface area contributed by atoms with Crippen LogP contribution < -0.4 is 0 Å². The molecule has 0 aliphatic rings. The van der Waals surface area contributed by atoms with Gasteiger partial charge in [-0.2, -0.15) is 0 Å². The fourth-order valence-electron chi connectivity index (χ4n) is 0.823. The first-order valence-electron chi connectivity index (χ1n) is 3.54. The number of hydrogen-bond donors (Lipinski definition) is 0. The van der Waals surface area contributed by atoms with Gasteiger partial charge in [-0.05, 0) is 5.41 Å². The number of hydrogen-bond acceptors (Lipinski definition) is 2. The SMILES string of the molecule is COC[C@@H](OC)C(C)(C)C. The lowest BCUT2D eigenvalue weighted by Gasteiger charge is -2.28. The standard InChI is InChI=1S/C8H18O2/c1-8(2,3)7(10-5)6-9-4/h7H,6H2,1-5H3/t7-/m1/s1. The molecule has 0 spiro atoms. The zero-order valence-corrected chi connectivity index (χ0v) is 7.60. The Morgan fingerprint density at radius 2 is 1.70 bits per heavy atom. The summed E-state index contributed by atoms with van der Waals surface area (Å²) in [6.45, 7) is 7.08. The molecule has 0 rings (SSSR count). The van der Waals surface area contributed by atoms with Crippen molar-refractivity contribution in [3.63, 3.8) is 0 Å². The van der Waals surface area contributed by atoms with Gasteiger partial charge in [-0.1, -0.05) is 20.8 Å². The van der Waals surface area contributed by atoms with Crippen molar-refractivity contribution in [2.75, 3.05) is 20.8 Å². The monoisotopic (exact) mass is 146 g/mol. The molecular formula is C8H18O2. The number of rotatable bonds is 3. The smallest absolute Gasteiger partial charge is 0.0852 e. The normalized spacial score (nSPS) is 15.3. The molecule has 0 fully saturated rings. The van der Waals surface area contributed by atoms with Crippen molar-refractivity contribution < 1.29 is 9.47 Å². The Balaban J connectivity index is 3.81. The minimum Gasteiger partial charge on any atom is -0.382 e.